The van der Waals surface area contributed by atoms with E-state index in [1.807, 2.05) is 13.0 Å². The molecule has 2 nitrogen and oxygen atoms in total. The van der Waals surface area contributed by atoms with Gasteiger partial charge in [0.25, 0.3) is 5.95 Å². The lowest BCUT2D eigenvalue weighted by Crippen LogP contribution is -2.20. The molecule has 1 N–H and O–H groups in total. The average molecular weight is 299 g/mol. The predicted octanol–water partition coefficient (Wildman–Crippen LogP) is 6.05. The first-order valence-corrected chi connectivity index (χ1v) is 11.7. The Bertz CT molecular complexity index is 301. The number of hydrogen-bond acceptors (Lipinski definition) is 2. The fourth-order valence-corrected chi connectivity index (χ4v) is 3.92. The van der Waals surface area contributed by atoms with Gasteiger partial charge in [0.15, 0.2) is 0 Å². The molecule has 0 aliphatic heterocycles. The highest BCUT2D eigenvalue weighted by Crippen LogP contribution is 2.18. The van der Waals surface area contributed by atoms with E-state index < -0.39 is 8.07 Å². The van der Waals surface area contributed by atoms with Crippen LogP contribution in [-0.2, 0) is 4.74 Å². The number of aliphatic hydroxyl groups is 1. The van der Waals surface area contributed by atoms with Gasteiger partial charge in [-0.1, -0.05) is 64.4 Å². The first kappa shape index (κ1) is 19.3. The molecule has 0 saturated carbocycles. The van der Waals surface area contributed by atoms with Gasteiger partial charge in [-0.15, -0.1) is 0 Å². The van der Waals surface area contributed by atoms with Crippen LogP contribution in [0.5, 0.6) is 0 Å². The summed E-state index contributed by atoms with van der Waals surface area (Å²) in [4.78, 5) is 0. The van der Waals surface area contributed by atoms with Gasteiger partial charge in [0.2, 0.25) is 0 Å². The lowest BCUT2D eigenvalue weighted by molar-refractivity contribution is 0.108. The third kappa shape index (κ3) is 12.3. The zero-order chi connectivity index (χ0) is 15.4. The molecule has 0 unspecified atom stereocenters. The maximum absolute atomic E-state index is 9.83. The molecule has 0 saturated heterocycles. The lowest BCUT2D eigenvalue weighted by atomic mass is 10.1. The largest absolute Gasteiger partial charge is 0.481 e. The van der Waals surface area contributed by atoms with Crippen LogP contribution in [-0.4, -0.2) is 19.8 Å². The van der Waals surface area contributed by atoms with Gasteiger partial charge in [-0.3, -0.25) is 0 Å². The average Bonchev–Trinajstić information content (AvgIpc) is 2.34. The van der Waals surface area contributed by atoms with Gasteiger partial charge in [0.05, 0.1) is 0 Å². The molecular formula is C17H34O2Si. The Kier molecular flexibility index (Phi) is 10.6. The first-order valence-electron chi connectivity index (χ1n) is 8.03. The van der Waals surface area contributed by atoms with Crippen molar-refractivity contribution in [1.82, 2.24) is 0 Å². The minimum absolute atomic E-state index is 0.125. The van der Waals surface area contributed by atoms with Crippen molar-refractivity contribution in [2.75, 3.05) is 6.61 Å². The summed E-state index contributed by atoms with van der Waals surface area (Å²) < 4.78 is 5.37. The van der Waals surface area contributed by atoms with E-state index in [9.17, 15) is 5.11 Å². The summed E-state index contributed by atoms with van der Waals surface area (Å²) in [6, 6.07) is 0.986. The maximum Gasteiger partial charge on any atom is 0.275 e. The molecule has 118 valence electrons. The van der Waals surface area contributed by atoms with Crippen LogP contribution in [0.1, 0.15) is 52.4 Å². The van der Waals surface area contributed by atoms with E-state index in [-0.39, 0.29) is 5.95 Å². The van der Waals surface area contributed by atoms with Crippen molar-refractivity contribution >= 4 is 8.07 Å². The summed E-state index contributed by atoms with van der Waals surface area (Å²) in [5.41, 5.74) is 0.983. The summed E-state index contributed by atoms with van der Waals surface area (Å²) >= 11 is 0. The van der Waals surface area contributed by atoms with Gasteiger partial charge in [0, 0.05) is 13.6 Å². The Morgan fingerprint density at radius 3 is 2.30 bits per heavy atom. The summed E-state index contributed by atoms with van der Waals surface area (Å²) in [6.07, 6.45) is 11.9. The second-order valence-electron chi connectivity index (χ2n) is 6.81. The van der Waals surface area contributed by atoms with Crippen molar-refractivity contribution in [3.8, 4) is 0 Å². The molecule has 0 bridgehead atoms. The van der Waals surface area contributed by atoms with E-state index in [4.69, 9.17) is 4.74 Å². The van der Waals surface area contributed by atoms with Crippen molar-refractivity contribution < 1.29 is 9.84 Å². The zero-order valence-corrected chi connectivity index (χ0v) is 15.2. The minimum atomic E-state index is -1.18. The Balaban J connectivity index is 3.74. The fraction of sp³-hybridized carbons (Fsp3) is 0.765. The van der Waals surface area contributed by atoms with Gasteiger partial charge >= 0.3 is 0 Å². The van der Waals surface area contributed by atoms with Crippen LogP contribution in [0, 0.1) is 0 Å². The van der Waals surface area contributed by atoms with Crippen molar-refractivity contribution in [2.24, 2.45) is 0 Å². The van der Waals surface area contributed by atoms with Crippen LogP contribution < -0.4 is 0 Å². The Hall–Kier alpha value is -0.703. The van der Waals surface area contributed by atoms with Crippen LogP contribution in [0.3, 0.4) is 0 Å². The van der Waals surface area contributed by atoms with E-state index in [2.05, 4.69) is 32.6 Å². The molecule has 0 amide bonds. The molecular weight excluding hydrogens is 264 g/mol. The number of hydrogen-bond donors (Lipinski definition) is 1. The van der Waals surface area contributed by atoms with Crippen LogP contribution >= 0.6 is 0 Å². The molecule has 0 fully saturated rings. The highest BCUT2D eigenvalue weighted by Gasteiger charge is 2.16. The summed E-state index contributed by atoms with van der Waals surface area (Å²) in [5.74, 6) is 0.125. The second kappa shape index (κ2) is 11.0. The molecule has 0 aromatic rings. The molecule has 3 heteroatoms. The minimum Gasteiger partial charge on any atom is -0.481 e. The van der Waals surface area contributed by atoms with Gasteiger partial charge in [-0.25, -0.2) is 0 Å². The molecule has 20 heavy (non-hydrogen) atoms. The van der Waals surface area contributed by atoms with Crippen LogP contribution in [0.4, 0.5) is 0 Å². The van der Waals surface area contributed by atoms with Crippen LogP contribution in [0.2, 0.25) is 25.7 Å². The second-order valence-corrected chi connectivity index (χ2v) is 12.3. The van der Waals surface area contributed by atoms with Crippen molar-refractivity contribution in [2.45, 2.75) is 78.1 Å². The topological polar surface area (TPSA) is 29.5 Å². The molecule has 0 spiro atoms. The number of aliphatic hydroxyl groups excluding tert-OH is 1. The van der Waals surface area contributed by atoms with Crippen LogP contribution in [0.25, 0.3) is 0 Å². The van der Waals surface area contributed by atoms with E-state index in [0.717, 1.165) is 18.0 Å². The Morgan fingerprint density at radius 2 is 1.70 bits per heavy atom. The Labute approximate surface area is 126 Å². The Morgan fingerprint density at radius 1 is 1.05 bits per heavy atom. The van der Waals surface area contributed by atoms with Crippen molar-refractivity contribution in [3.05, 3.63) is 23.7 Å². The number of rotatable bonds is 11. The molecule has 0 atom stereocenters. The SMILES string of the molecule is CCCCCCCC=CCOC(O)=C(C)C[Si](C)(C)C. The summed E-state index contributed by atoms with van der Waals surface area (Å²) in [7, 11) is -1.18. The third-order valence-electron chi connectivity index (χ3n) is 3.12. The van der Waals surface area contributed by atoms with E-state index in [1.165, 1.54) is 32.1 Å². The molecule has 0 aliphatic rings. The molecule has 0 rings (SSSR count). The van der Waals surface area contributed by atoms with E-state index in [1.54, 1.807) is 0 Å². The number of ether oxygens (including phenoxy) is 1. The van der Waals surface area contributed by atoms with Gasteiger partial charge in [-0.2, -0.15) is 0 Å². The smallest absolute Gasteiger partial charge is 0.275 e. The fourth-order valence-electron chi connectivity index (χ4n) is 2.17. The highest BCUT2D eigenvalue weighted by atomic mass is 28.3. The summed E-state index contributed by atoms with van der Waals surface area (Å²) in [6.45, 7) is 11.6. The molecule has 0 aliphatic carbocycles. The van der Waals surface area contributed by atoms with E-state index >= 15 is 0 Å². The quantitative estimate of drug-likeness (QED) is 0.218. The van der Waals surface area contributed by atoms with Gasteiger partial charge in [0.1, 0.15) is 6.61 Å². The van der Waals surface area contributed by atoms with Crippen molar-refractivity contribution in [1.29, 1.82) is 0 Å². The van der Waals surface area contributed by atoms with E-state index in [0.29, 0.717) is 6.61 Å². The van der Waals surface area contributed by atoms with Gasteiger partial charge < -0.3 is 9.84 Å². The standard InChI is InChI=1S/C17H34O2Si/c1-6-7-8-9-10-11-12-13-14-19-17(18)16(2)15-20(3,4)5/h12-13,18H,6-11,14-15H2,1-5H3. The molecule has 0 radical (unpaired) electrons. The predicted molar refractivity (Wildman–Crippen MR) is 91.9 cm³/mol. The molecule has 0 aromatic carbocycles. The molecule has 0 aromatic heterocycles. The van der Waals surface area contributed by atoms with Crippen molar-refractivity contribution in [3.63, 3.8) is 0 Å². The first-order chi connectivity index (χ1) is 9.37. The third-order valence-corrected chi connectivity index (χ3v) is 4.71. The lowest BCUT2D eigenvalue weighted by Gasteiger charge is -2.16. The maximum atomic E-state index is 9.83. The monoisotopic (exact) mass is 298 g/mol. The number of allylic oxidation sites excluding steroid dienone is 2. The molecule has 0 heterocycles. The van der Waals surface area contributed by atoms with Gasteiger partial charge in [-0.05, 0) is 25.8 Å². The zero-order valence-electron chi connectivity index (χ0n) is 14.2. The normalized spacial score (nSPS) is 13.7. The number of unbranched alkanes of at least 4 members (excludes halogenated alkanes) is 5. The summed E-state index contributed by atoms with van der Waals surface area (Å²) in [5, 5.41) is 9.83. The highest BCUT2D eigenvalue weighted by molar-refractivity contribution is 6.76. The van der Waals surface area contributed by atoms with Crippen LogP contribution in [0.15, 0.2) is 23.7 Å².